The molecule has 0 aromatic rings. The van der Waals surface area contributed by atoms with Crippen LogP contribution >= 0.6 is 0 Å². The molecule has 2 atom stereocenters. The molecule has 1 rings (SSSR count). The van der Waals surface area contributed by atoms with E-state index in [1.54, 1.807) is 0 Å². The van der Waals surface area contributed by atoms with E-state index in [0.29, 0.717) is 19.8 Å². The Bertz CT molecular complexity index is 172. The van der Waals surface area contributed by atoms with Crippen molar-refractivity contribution in [1.29, 1.82) is 0 Å². The molecule has 0 spiro atoms. The van der Waals surface area contributed by atoms with E-state index >= 15 is 0 Å². The third-order valence-electron chi connectivity index (χ3n) is 2.31. The molecule has 1 fully saturated rings. The third-order valence-corrected chi connectivity index (χ3v) is 2.31. The predicted molar refractivity (Wildman–Crippen MR) is 48.7 cm³/mol. The Balaban J connectivity index is 2.36. The molecule has 0 bridgehead atoms. The van der Waals surface area contributed by atoms with Crippen LogP contribution in [0.25, 0.3) is 0 Å². The van der Waals surface area contributed by atoms with E-state index in [2.05, 4.69) is 5.32 Å². The molecule has 1 heterocycles. The molecule has 0 saturated carbocycles. The number of hydrogen-bond donors (Lipinski definition) is 1. The van der Waals surface area contributed by atoms with Crippen LogP contribution < -0.4 is 5.32 Å². The molecule has 4 heteroatoms. The van der Waals surface area contributed by atoms with Crippen molar-refractivity contribution < 1.29 is 14.3 Å². The topological polar surface area (TPSA) is 47.6 Å². The number of carbonyl (C=O) groups excluding carboxylic acids is 1. The van der Waals surface area contributed by atoms with Crippen LogP contribution in [0.2, 0.25) is 0 Å². The summed E-state index contributed by atoms with van der Waals surface area (Å²) in [7, 11) is 1.85. The number of hydrogen-bond acceptors (Lipinski definition) is 4. The number of nitrogens with one attached hydrogen (secondary N) is 1. The van der Waals surface area contributed by atoms with Gasteiger partial charge in [0, 0.05) is 12.6 Å². The Labute approximate surface area is 78.6 Å². The minimum absolute atomic E-state index is 0.0310. The number of Topliss-reactive ketones (excluding diaryl/α,β-unsaturated/α-hetero) is 1. The average Bonchev–Trinajstić information content (AvgIpc) is 2.61. The van der Waals surface area contributed by atoms with Gasteiger partial charge in [0.15, 0.2) is 5.78 Å². The first kappa shape index (κ1) is 10.6. The van der Waals surface area contributed by atoms with Crippen molar-refractivity contribution >= 4 is 5.78 Å². The van der Waals surface area contributed by atoms with Crippen molar-refractivity contribution in [2.75, 3.05) is 33.5 Å². The Morgan fingerprint density at radius 3 is 3.00 bits per heavy atom. The van der Waals surface area contributed by atoms with E-state index in [0.717, 1.165) is 0 Å². The minimum Gasteiger partial charge on any atom is -0.379 e. The second kappa shape index (κ2) is 5.32. The molecule has 0 aromatic heterocycles. The molecule has 0 radical (unpaired) electrons. The summed E-state index contributed by atoms with van der Waals surface area (Å²) in [6.45, 7) is 3.83. The monoisotopic (exact) mass is 187 g/mol. The van der Waals surface area contributed by atoms with E-state index < -0.39 is 0 Å². The molecule has 1 saturated heterocycles. The van der Waals surface area contributed by atoms with Crippen molar-refractivity contribution in [2.45, 2.75) is 13.0 Å². The van der Waals surface area contributed by atoms with Gasteiger partial charge in [-0.3, -0.25) is 4.79 Å². The number of rotatable bonds is 5. The molecular weight excluding hydrogens is 170 g/mol. The summed E-state index contributed by atoms with van der Waals surface area (Å²) in [5.74, 6) is 0.107. The van der Waals surface area contributed by atoms with E-state index in [1.165, 1.54) is 0 Å². The van der Waals surface area contributed by atoms with Crippen LogP contribution in [0.4, 0.5) is 0 Å². The fourth-order valence-corrected chi connectivity index (χ4v) is 1.47. The fraction of sp³-hybridized carbons (Fsp3) is 0.889. The third kappa shape index (κ3) is 2.76. The first-order chi connectivity index (χ1) is 6.29. The summed E-state index contributed by atoms with van der Waals surface area (Å²) in [5.41, 5.74) is 0. The summed E-state index contributed by atoms with van der Waals surface area (Å²) >= 11 is 0. The first-order valence-corrected chi connectivity index (χ1v) is 4.65. The van der Waals surface area contributed by atoms with Crippen LogP contribution in [0.15, 0.2) is 0 Å². The molecule has 1 aliphatic heterocycles. The van der Waals surface area contributed by atoms with Crippen molar-refractivity contribution in [2.24, 2.45) is 5.92 Å². The molecule has 76 valence electrons. The van der Waals surface area contributed by atoms with Gasteiger partial charge in [-0.2, -0.15) is 0 Å². The summed E-state index contributed by atoms with van der Waals surface area (Å²) < 4.78 is 10.3. The van der Waals surface area contributed by atoms with Gasteiger partial charge in [-0.1, -0.05) is 0 Å². The molecule has 1 aliphatic rings. The van der Waals surface area contributed by atoms with Gasteiger partial charge in [0.1, 0.15) is 6.61 Å². The maximum Gasteiger partial charge on any atom is 0.165 e. The van der Waals surface area contributed by atoms with E-state index in [9.17, 15) is 4.79 Å². The van der Waals surface area contributed by atoms with Gasteiger partial charge in [-0.05, 0) is 14.0 Å². The van der Waals surface area contributed by atoms with Gasteiger partial charge in [-0.25, -0.2) is 0 Å². The van der Waals surface area contributed by atoms with Gasteiger partial charge >= 0.3 is 0 Å². The molecule has 1 N–H and O–H groups in total. The summed E-state index contributed by atoms with van der Waals surface area (Å²) in [6, 6.07) is 0.160. The van der Waals surface area contributed by atoms with Crippen molar-refractivity contribution in [3.8, 4) is 0 Å². The largest absolute Gasteiger partial charge is 0.379 e. The minimum atomic E-state index is -0.0310. The lowest BCUT2D eigenvalue weighted by atomic mass is 9.99. The summed E-state index contributed by atoms with van der Waals surface area (Å²) in [6.07, 6.45) is 0. The maximum absolute atomic E-state index is 11.5. The first-order valence-electron chi connectivity index (χ1n) is 4.65. The summed E-state index contributed by atoms with van der Waals surface area (Å²) in [5, 5.41) is 3.07. The maximum atomic E-state index is 11.5. The lowest BCUT2D eigenvalue weighted by molar-refractivity contribution is -0.127. The van der Waals surface area contributed by atoms with Crippen LogP contribution in [0, 0.1) is 5.92 Å². The SMILES string of the molecule is CCOCC(=O)C1COCC1NC. The number of carbonyl (C=O) groups is 1. The Morgan fingerprint density at radius 2 is 2.38 bits per heavy atom. The van der Waals surface area contributed by atoms with Crippen LogP contribution in [-0.2, 0) is 14.3 Å². The molecule has 4 nitrogen and oxygen atoms in total. The fourth-order valence-electron chi connectivity index (χ4n) is 1.47. The molecule has 0 amide bonds. The highest BCUT2D eigenvalue weighted by Crippen LogP contribution is 2.14. The highest BCUT2D eigenvalue weighted by atomic mass is 16.5. The lowest BCUT2D eigenvalue weighted by Gasteiger charge is -2.14. The normalized spacial score (nSPS) is 27.8. The van der Waals surface area contributed by atoms with Crippen molar-refractivity contribution in [3.63, 3.8) is 0 Å². The highest BCUT2D eigenvalue weighted by molar-refractivity contribution is 5.83. The Morgan fingerprint density at radius 1 is 1.62 bits per heavy atom. The predicted octanol–water partition coefficient (Wildman–Crippen LogP) is -0.174. The van der Waals surface area contributed by atoms with Gasteiger partial charge in [0.2, 0.25) is 0 Å². The van der Waals surface area contributed by atoms with E-state index in [1.807, 2.05) is 14.0 Å². The molecule has 0 aliphatic carbocycles. The van der Waals surface area contributed by atoms with Crippen LogP contribution in [0.1, 0.15) is 6.92 Å². The van der Waals surface area contributed by atoms with Crippen molar-refractivity contribution in [1.82, 2.24) is 5.32 Å². The lowest BCUT2D eigenvalue weighted by Crippen LogP contribution is -2.38. The van der Waals surface area contributed by atoms with Gasteiger partial charge in [0.25, 0.3) is 0 Å². The zero-order valence-electron chi connectivity index (χ0n) is 8.21. The van der Waals surface area contributed by atoms with E-state index in [-0.39, 0.29) is 24.3 Å². The number of likely N-dealkylation sites (N-methyl/N-ethyl adjacent to an activating group) is 1. The Hall–Kier alpha value is -0.450. The number of ketones is 1. The quantitative estimate of drug-likeness (QED) is 0.649. The summed E-state index contributed by atoms with van der Waals surface area (Å²) in [4.78, 5) is 11.5. The Kier molecular flexibility index (Phi) is 4.35. The highest BCUT2D eigenvalue weighted by Gasteiger charge is 2.32. The van der Waals surface area contributed by atoms with Crippen LogP contribution in [0.5, 0.6) is 0 Å². The molecule has 2 unspecified atom stereocenters. The standard InChI is InChI=1S/C9H17NO3/c1-3-12-6-9(11)7-4-13-5-8(7)10-2/h7-8,10H,3-6H2,1-2H3. The van der Waals surface area contributed by atoms with E-state index in [4.69, 9.17) is 9.47 Å². The second-order valence-electron chi connectivity index (χ2n) is 3.14. The second-order valence-corrected chi connectivity index (χ2v) is 3.14. The molecular formula is C9H17NO3. The molecule has 13 heavy (non-hydrogen) atoms. The van der Waals surface area contributed by atoms with Crippen molar-refractivity contribution in [3.05, 3.63) is 0 Å². The molecule has 0 aromatic carbocycles. The zero-order chi connectivity index (χ0) is 9.68. The van der Waals surface area contributed by atoms with Gasteiger partial charge in [-0.15, -0.1) is 0 Å². The smallest absolute Gasteiger partial charge is 0.165 e. The number of ether oxygens (including phenoxy) is 2. The average molecular weight is 187 g/mol. The van der Waals surface area contributed by atoms with Gasteiger partial charge < -0.3 is 14.8 Å². The zero-order valence-corrected chi connectivity index (χ0v) is 8.21. The van der Waals surface area contributed by atoms with Crippen LogP contribution in [0.3, 0.4) is 0 Å². The van der Waals surface area contributed by atoms with Crippen LogP contribution in [-0.4, -0.2) is 45.3 Å². The van der Waals surface area contributed by atoms with Gasteiger partial charge in [0.05, 0.1) is 19.1 Å².